The van der Waals surface area contributed by atoms with Gasteiger partial charge in [-0.15, -0.1) is 0 Å². The second kappa shape index (κ2) is 4.89. The molecule has 0 amide bonds. The number of hydrogen-bond donors (Lipinski definition) is 2. The van der Waals surface area contributed by atoms with Crippen molar-refractivity contribution in [3.63, 3.8) is 0 Å². The van der Waals surface area contributed by atoms with Crippen LogP contribution in [0.25, 0.3) is 0 Å². The van der Waals surface area contributed by atoms with E-state index in [4.69, 9.17) is 0 Å². The minimum Gasteiger partial charge on any atom is -0.369 e. The first-order chi connectivity index (χ1) is 7.75. The molecule has 0 unspecified atom stereocenters. The SMILES string of the molecule is O=[N+]([O-])c1ccc(NC[C@H]2CCCN2)nc1. The molecule has 2 heterocycles. The number of anilines is 1. The maximum Gasteiger partial charge on any atom is 0.287 e. The van der Waals surface area contributed by atoms with Crippen molar-refractivity contribution in [2.75, 3.05) is 18.4 Å². The Balaban J connectivity index is 1.87. The summed E-state index contributed by atoms with van der Waals surface area (Å²) >= 11 is 0. The standard InChI is InChI=1S/C10H14N4O2/c15-14(16)9-3-4-10(13-7-9)12-6-8-2-1-5-11-8/h3-4,7-8,11H,1-2,5-6H2,(H,12,13)/t8-/m1/s1. The molecule has 6 nitrogen and oxygen atoms in total. The Hall–Kier alpha value is -1.69. The molecule has 0 aliphatic carbocycles. The Kier molecular flexibility index (Phi) is 3.31. The smallest absolute Gasteiger partial charge is 0.287 e. The van der Waals surface area contributed by atoms with Crippen LogP contribution in [0.3, 0.4) is 0 Å². The van der Waals surface area contributed by atoms with Gasteiger partial charge in [0.2, 0.25) is 0 Å². The van der Waals surface area contributed by atoms with Gasteiger partial charge in [-0.05, 0) is 25.5 Å². The minimum absolute atomic E-state index is 0.0181. The van der Waals surface area contributed by atoms with Crippen molar-refractivity contribution in [3.8, 4) is 0 Å². The van der Waals surface area contributed by atoms with Crippen molar-refractivity contribution < 1.29 is 4.92 Å². The van der Waals surface area contributed by atoms with E-state index in [-0.39, 0.29) is 5.69 Å². The van der Waals surface area contributed by atoms with Crippen LogP contribution in [0, 0.1) is 10.1 Å². The van der Waals surface area contributed by atoms with Crippen LogP contribution in [0.1, 0.15) is 12.8 Å². The number of pyridine rings is 1. The van der Waals surface area contributed by atoms with E-state index in [1.54, 1.807) is 6.07 Å². The Morgan fingerprint density at radius 2 is 2.50 bits per heavy atom. The predicted molar refractivity (Wildman–Crippen MR) is 60.4 cm³/mol. The van der Waals surface area contributed by atoms with Gasteiger partial charge in [0.1, 0.15) is 12.0 Å². The predicted octanol–water partition coefficient (Wildman–Crippen LogP) is 1.15. The molecule has 0 bridgehead atoms. The molecule has 0 spiro atoms. The maximum absolute atomic E-state index is 10.4. The van der Waals surface area contributed by atoms with E-state index < -0.39 is 4.92 Å². The monoisotopic (exact) mass is 222 g/mol. The zero-order chi connectivity index (χ0) is 11.4. The summed E-state index contributed by atoms with van der Waals surface area (Å²) in [5.41, 5.74) is 0.0181. The van der Waals surface area contributed by atoms with E-state index in [2.05, 4.69) is 15.6 Å². The van der Waals surface area contributed by atoms with Crippen LogP contribution >= 0.6 is 0 Å². The summed E-state index contributed by atoms with van der Waals surface area (Å²) in [5.74, 6) is 0.680. The summed E-state index contributed by atoms with van der Waals surface area (Å²) in [6.07, 6.45) is 3.64. The Labute approximate surface area is 93.2 Å². The summed E-state index contributed by atoms with van der Waals surface area (Å²) < 4.78 is 0. The highest BCUT2D eigenvalue weighted by Crippen LogP contribution is 2.12. The largest absolute Gasteiger partial charge is 0.369 e. The second-order valence-corrected chi connectivity index (χ2v) is 3.83. The molecular weight excluding hydrogens is 208 g/mol. The molecule has 2 N–H and O–H groups in total. The van der Waals surface area contributed by atoms with Gasteiger partial charge < -0.3 is 10.6 Å². The lowest BCUT2D eigenvalue weighted by Crippen LogP contribution is -2.29. The molecule has 86 valence electrons. The fraction of sp³-hybridized carbons (Fsp3) is 0.500. The normalized spacial score (nSPS) is 19.6. The van der Waals surface area contributed by atoms with E-state index in [0.717, 1.165) is 13.1 Å². The summed E-state index contributed by atoms with van der Waals surface area (Å²) in [4.78, 5) is 13.9. The van der Waals surface area contributed by atoms with E-state index in [9.17, 15) is 10.1 Å². The van der Waals surface area contributed by atoms with Crippen LogP contribution in [0.4, 0.5) is 11.5 Å². The van der Waals surface area contributed by atoms with Crippen molar-refractivity contribution in [1.82, 2.24) is 10.3 Å². The highest BCUT2D eigenvalue weighted by molar-refractivity contribution is 5.40. The maximum atomic E-state index is 10.4. The molecule has 1 atom stereocenters. The van der Waals surface area contributed by atoms with Crippen molar-refractivity contribution in [2.24, 2.45) is 0 Å². The lowest BCUT2D eigenvalue weighted by atomic mass is 10.2. The van der Waals surface area contributed by atoms with Gasteiger partial charge in [0.25, 0.3) is 5.69 Å². The number of nitrogens with one attached hydrogen (secondary N) is 2. The third kappa shape index (κ3) is 2.66. The molecule has 6 heteroatoms. The van der Waals surface area contributed by atoms with E-state index >= 15 is 0 Å². The summed E-state index contributed by atoms with van der Waals surface area (Å²) in [6, 6.07) is 3.57. The number of nitro groups is 1. The zero-order valence-electron chi connectivity index (χ0n) is 8.85. The van der Waals surface area contributed by atoms with Gasteiger partial charge in [-0.1, -0.05) is 0 Å². The van der Waals surface area contributed by atoms with E-state index in [1.165, 1.54) is 25.1 Å². The molecule has 1 aliphatic heterocycles. The molecule has 1 aliphatic rings. The van der Waals surface area contributed by atoms with Crippen LogP contribution in [-0.4, -0.2) is 29.0 Å². The van der Waals surface area contributed by atoms with Crippen LogP contribution in [0.2, 0.25) is 0 Å². The van der Waals surface area contributed by atoms with Gasteiger partial charge in [0.15, 0.2) is 0 Å². The molecule has 0 aromatic carbocycles. The number of rotatable bonds is 4. The third-order valence-corrected chi connectivity index (χ3v) is 2.65. The zero-order valence-corrected chi connectivity index (χ0v) is 8.85. The van der Waals surface area contributed by atoms with Crippen LogP contribution in [-0.2, 0) is 0 Å². The lowest BCUT2D eigenvalue weighted by molar-refractivity contribution is -0.385. The van der Waals surface area contributed by atoms with Gasteiger partial charge in [-0.3, -0.25) is 10.1 Å². The molecule has 0 radical (unpaired) electrons. The lowest BCUT2D eigenvalue weighted by Gasteiger charge is -2.11. The summed E-state index contributed by atoms with van der Waals surface area (Å²) in [7, 11) is 0. The average Bonchev–Trinajstić information content (AvgIpc) is 2.80. The first kappa shape index (κ1) is 10.8. The minimum atomic E-state index is -0.449. The molecule has 0 saturated carbocycles. The molecule has 1 fully saturated rings. The van der Waals surface area contributed by atoms with Crippen molar-refractivity contribution in [2.45, 2.75) is 18.9 Å². The van der Waals surface area contributed by atoms with Crippen molar-refractivity contribution >= 4 is 11.5 Å². The van der Waals surface area contributed by atoms with E-state index in [1.807, 2.05) is 0 Å². The molecule has 1 aromatic heterocycles. The summed E-state index contributed by atoms with van der Waals surface area (Å²) in [5, 5.41) is 16.9. The topological polar surface area (TPSA) is 80.1 Å². The first-order valence-corrected chi connectivity index (χ1v) is 5.33. The van der Waals surface area contributed by atoms with Gasteiger partial charge in [-0.2, -0.15) is 0 Å². The number of hydrogen-bond acceptors (Lipinski definition) is 5. The molecule has 2 rings (SSSR count). The molecule has 1 saturated heterocycles. The van der Waals surface area contributed by atoms with Gasteiger partial charge in [0, 0.05) is 18.7 Å². The van der Waals surface area contributed by atoms with Gasteiger partial charge in [-0.25, -0.2) is 4.98 Å². The Bertz CT molecular complexity index is 360. The summed E-state index contributed by atoms with van der Waals surface area (Å²) in [6.45, 7) is 1.88. The fourth-order valence-corrected chi connectivity index (χ4v) is 1.76. The fourth-order valence-electron chi connectivity index (χ4n) is 1.76. The molecule has 16 heavy (non-hydrogen) atoms. The van der Waals surface area contributed by atoms with Crippen molar-refractivity contribution in [1.29, 1.82) is 0 Å². The van der Waals surface area contributed by atoms with Crippen LogP contribution in [0.5, 0.6) is 0 Å². The van der Waals surface area contributed by atoms with Gasteiger partial charge >= 0.3 is 0 Å². The number of aromatic nitrogens is 1. The molecule has 1 aromatic rings. The molecular formula is C10H14N4O2. The van der Waals surface area contributed by atoms with Crippen LogP contribution < -0.4 is 10.6 Å². The Morgan fingerprint density at radius 3 is 3.06 bits per heavy atom. The van der Waals surface area contributed by atoms with E-state index in [0.29, 0.717) is 11.9 Å². The third-order valence-electron chi connectivity index (χ3n) is 2.65. The van der Waals surface area contributed by atoms with Crippen molar-refractivity contribution in [3.05, 3.63) is 28.4 Å². The van der Waals surface area contributed by atoms with Gasteiger partial charge in [0.05, 0.1) is 4.92 Å². The second-order valence-electron chi connectivity index (χ2n) is 3.83. The number of nitrogens with zero attached hydrogens (tertiary/aromatic N) is 2. The highest BCUT2D eigenvalue weighted by Gasteiger charge is 2.13. The quantitative estimate of drug-likeness (QED) is 0.590. The first-order valence-electron chi connectivity index (χ1n) is 5.33. The highest BCUT2D eigenvalue weighted by atomic mass is 16.6. The van der Waals surface area contributed by atoms with Crippen LogP contribution in [0.15, 0.2) is 18.3 Å². The average molecular weight is 222 g/mol. The Morgan fingerprint density at radius 1 is 1.62 bits per heavy atom.